The molecule has 0 aliphatic heterocycles. The summed E-state index contributed by atoms with van der Waals surface area (Å²) < 4.78 is 14.8. The fourth-order valence-electron chi connectivity index (χ4n) is 1.35. The molecule has 0 fully saturated rings. The molecule has 0 bridgehead atoms. The van der Waals surface area contributed by atoms with Gasteiger partial charge in [-0.25, -0.2) is 4.39 Å². The van der Waals surface area contributed by atoms with Crippen molar-refractivity contribution in [3.8, 4) is 0 Å². The molecular weight excluding hydrogens is 357 g/mol. The van der Waals surface area contributed by atoms with Crippen molar-refractivity contribution < 1.29 is 4.39 Å². The van der Waals surface area contributed by atoms with Gasteiger partial charge in [-0.05, 0) is 55.6 Å². The molecule has 1 aromatic heterocycles. The monoisotopic (exact) mass is 363 g/mol. The molecule has 0 radical (unpaired) electrons. The molecule has 0 aliphatic carbocycles. The minimum atomic E-state index is -0.246. The highest BCUT2D eigenvalue weighted by molar-refractivity contribution is 9.13. The van der Waals surface area contributed by atoms with Crippen LogP contribution < -0.4 is 5.73 Å². The maximum Gasteiger partial charge on any atom is 0.123 e. The lowest BCUT2D eigenvalue weighted by molar-refractivity contribution is 0.626. The molecule has 2 rings (SSSR count). The van der Waals surface area contributed by atoms with E-state index in [0.29, 0.717) is 0 Å². The standard InChI is InChI=1S/C11H8Br2FNS/c12-8-5-9(16-11(8)13)10(15)6-1-3-7(14)4-2-6/h1-5,10H,15H2. The van der Waals surface area contributed by atoms with Crippen molar-refractivity contribution >= 4 is 43.2 Å². The van der Waals surface area contributed by atoms with Gasteiger partial charge in [0, 0.05) is 9.35 Å². The Hall–Kier alpha value is -0.230. The molecule has 2 N–H and O–H groups in total. The average molecular weight is 365 g/mol. The number of halogens is 3. The molecule has 1 atom stereocenters. The Morgan fingerprint density at radius 1 is 1.19 bits per heavy atom. The minimum Gasteiger partial charge on any atom is -0.320 e. The highest BCUT2D eigenvalue weighted by Crippen LogP contribution is 2.36. The zero-order valence-electron chi connectivity index (χ0n) is 8.08. The maximum atomic E-state index is 12.8. The van der Waals surface area contributed by atoms with E-state index in [4.69, 9.17) is 5.73 Å². The predicted molar refractivity (Wildman–Crippen MR) is 72.1 cm³/mol. The van der Waals surface area contributed by atoms with E-state index in [0.717, 1.165) is 18.7 Å². The summed E-state index contributed by atoms with van der Waals surface area (Å²) in [5.41, 5.74) is 7.00. The SMILES string of the molecule is NC(c1ccc(F)cc1)c1cc(Br)c(Br)s1. The summed E-state index contributed by atoms with van der Waals surface area (Å²) in [4.78, 5) is 1.03. The summed E-state index contributed by atoms with van der Waals surface area (Å²) in [6, 6.07) is 8.03. The number of hydrogen-bond acceptors (Lipinski definition) is 2. The third-order valence-electron chi connectivity index (χ3n) is 2.20. The largest absolute Gasteiger partial charge is 0.320 e. The van der Waals surface area contributed by atoms with Gasteiger partial charge < -0.3 is 5.73 Å². The summed E-state index contributed by atoms with van der Waals surface area (Å²) in [6.45, 7) is 0. The van der Waals surface area contributed by atoms with Crippen LogP contribution in [-0.2, 0) is 0 Å². The van der Waals surface area contributed by atoms with Gasteiger partial charge in [-0.1, -0.05) is 12.1 Å². The van der Waals surface area contributed by atoms with Crippen LogP contribution in [0.3, 0.4) is 0 Å². The Bertz CT molecular complexity index is 476. The van der Waals surface area contributed by atoms with Crippen LogP contribution in [0.4, 0.5) is 4.39 Å². The average Bonchev–Trinajstić information content (AvgIpc) is 2.59. The number of thiophene rings is 1. The van der Waals surface area contributed by atoms with E-state index in [1.807, 2.05) is 6.07 Å². The van der Waals surface area contributed by atoms with E-state index in [-0.39, 0.29) is 11.9 Å². The Kier molecular flexibility index (Phi) is 3.79. The van der Waals surface area contributed by atoms with Crippen LogP contribution >= 0.6 is 43.2 Å². The highest BCUT2D eigenvalue weighted by atomic mass is 79.9. The number of benzene rings is 1. The minimum absolute atomic E-state index is 0.215. The first-order valence-corrected chi connectivity index (χ1v) is 6.94. The summed E-state index contributed by atoms with van der Waals surface area (Å²) in [5.74, 6) is -0.246. The van der Waals surface area contributed by atoms with Gasteiger partial charge in [-0.2, -0.15) is 0 Å². The summed E-state index contributed by atoms with van der Waals surface area (Å²) in [5, 5.41) is 0. The molecule has 1 unspecified atom stereocenters. The second-order valence-corrected chi connectivity index (χ2v) is 6.56. The first-order valence-electron chi connectivity index (χ1n) is 4.53. The van der Waals surface area contributed by atoms with Gasteiger partial charge in [0.1, 0.15) is 5.82 Å². The van der Waals surface area contributed by atoms with Crippen LogP contribution in [0.15, 0.2) is 38.6 Å². The molecule has 0 saturated heterocycles. The second kappa shape index (κ2) is 4.96. The Morgan fingerprint density at radius 2 is 1.81 bits per heavy atom. The lowest BCUT2D eigenvalue weighted by Gasteiger charge is -2.09. The van der Waals surface area contributed by atoms with Crippen LogP contribution in [0.5, 0.6) is 0 Å². The van der Waals surface area contributed by atoms with E-state index >= 15 is 0 Å². The highest BCUT2D eigenvalue weighted by Gasteiger charge is 2.13. The van der Waals surface area contributed by atoms with Gasteiger partial charge in [0.05, 0.1) is 9.83 Å². The lowest BCUT2D eigenvalue weighted by Crippen LogP contribution is -2.09. The number of hydrogen-bond donors (Lipinski definition) is 1. The van der Waals surface area contributed by atoms with Crippen LogP contribution in [0.2, 0.25) is 0 Å². The third kappa shape index (κ3) is 2.53. The van der Waals surface area contributed by atoms with Crippen LogP contribution in [0, 0.1) is 5.82 Å². The van der Waals surface area contributed by atoms with Crippen molar-refractivity contribution in [1.82, 2.24) is 0 Å². The number of nitrogens with two attached hydrogens (primary N) is 1. The zero-order valence-corrected chi connectivity index (χ0v) is 12.1. The van der Waals surface area contributed by atoms with Gasteiger partial charge in [-0.15, -0.1) is 11.3 Å². The molecule has 0 amide bonds. The molecule has 0 spiro atoms. The lowest BCUT2D eigenvalue weighted by atomic mass is 10.1. The molecule has 0 saturated carbocycles. The van der Waals surface area contributed by atoms with Gasteiger partial charge in [0.15, 0.2) is 0 Å². The van der Waals surface area contributed by atoms with Crippen molar-refractivity contribution in [2.45, 2.75) is 6.04 Å². The van der Waals surface area contributed by atoms with Crippen LogP contribution in [-0.4, -0.2) is 0 Å². The van der Waals surface area contributed by atoms with Crippen molar-refractivity contribution in [2.75, 3.05) is 0 Å². The zero-order chi connectivity index (χ0) is 11.7. The third-order valence-corrected chi connectivity index (χ3v) is 5.54. The molecular formula is C11H8Br2FNS. The summed E-state index contributed by atoms with van der Waals surface area (Å²) in [7, 11) is 0. The Labute approximate surface area is 114 Å². The maximum absolute atomic E-state index is 12.8. The molecule has 5 heteroatoms. The van der Waals surface area contributed by atoms with Gasteiger partial charge in [0.2, 0.25) is 0 Å². The molecule has 1 heterocycles. The first-order chi connectivity index (χ1) is 7.58. The van der Waals surface area contributed by atoms with Crippen molar-refractivity contribution in [3.63, 3.8) is 0 Å². The normalized spacial score (nSPS) is 12.8. The quantitative estimate of drug-likeness (QED) is 0.836. The Morgan fingerprint density at radius 3 is 2.31 bits per heavy atom. The fraction of sp³-hybridized carbons (Fsp3) is 0.0909. The number of rotatable bonds is 2. The molecule has 84 valence electrons. The molecule has 0 aliphatic rings. The van der Waals surface area contributed by atoms with Gasteiger partial charge >= 0.3 is 0 Å². The van der Waals surface area contributed by atoms with Crippen molar-refractivity contribution in [3.05, 3.63) is 54.8 Å². The Balaban J connectivity index is 2.31. The van der Waals surface area contributed by atoms with E-state index < -0.39 is 0 Å². The molecule has 2 aromatic rings. The van der Waals surface area contributed by atoms with Crippen molar-refractivity contribution in [2.24, 2.45) is 5.73 Å². The van der Waals surface area contributed by atoms with Gasteiger partial charge in [-0.3, -0.25) is 0 Å². The predicted octanol–water partition coefficient (Wildman–Crippen LogP) is 4.46. The van der Waals surface area contributed by atoms with Crippen LogP contribution in [0.25, 0.3) is 0 Å². The van der Waals surface area contributed by atoms with Crippen molar-refractivity contribution in [1.29, 1.82) is 0 Å². The smallest absolute Gasteiger partial charge is 0.123 e. The molecule has 1 aromatic carbocycles. The summed E-state index contributed by atoms with van der Waals surface area (Å²) in [6.07, 6.45) is 0. The topological polar surface area (TPSA) is 26.0 Å². The second-order valence-electron chi connectivity index (χ2n) is 3.30. The van der Waals surface area contributed by atoms with E-state index in [1.165, 1.54) is 12.1 Å². The summed E-state index contributed by atoms with van der Waals surface area (Å²) >= 11 is 8.41. The van der Waals surface area contributed by atoms with E-state index in [9.17, 15) is 4.39 Å². The van der Waals surface area contributed by atoms with Crippen LogP contribution in [0.1, 0.15) is 16.5 Å². The molecule has 1 nitrogen and oxygen atoms in total. The van der Waals surface area contributed by atoms with E-state index in [2.05, 4.69) is 31.9 Å². The van der Waals surface area contributed by atoms with Gasteiger partial charge in [0.25, 0.3) is 0 Å². The van der Waals surface area contributed by atoms with E-state index in [1.54, 1.807) is 23.5 Å². The first kappa shape index (κ1) is 12.2. The fourth-order valence-corrected chi connectivity index (χ4v) is 3.47. The molecule has 16 heavy (non-hydrogen) atoms.